The number of nitrogens with one attached hydrogen (secondary N) is 1. The summed E-state index contributed by atoms with van der Waals surface area (Å²) >= 11 is 0. The number of ether oxygens (including phenoxy) is 1. The molecule has 0 aromatic rings. The van der Waals surface area contributed by atoms with Gasteiger partial charge < -0.3 is 15.8 Å². The number of rotatable bonds is 2. The second-order valence-corrected chi connectivity index (χ2v) is 6.37. The van der Waals surface area contributed by atoms with E-state index in [0.29, 0.717) is 31.1 Å². The van der Waals surface area contributed by atoms with E-state index in [1.807, 2.05) is 0 Å². The Balaban J connectivity index is 1.84. The minimum atomic E-state index is -0.785. The van der Waals surface area contributed by atoms with E-state index in [1.54, 1.807) is 0 Å². The van der Waals surface area contributed by atoms with Gasteiger partial charge in [-0.05, 0) is 37.5 Å². The van der Waals surface area contributed by atoms with Gasteiger partial charge >= 0.3 is 0 Å². The van der Waals surface area contributed by atoms with Gasteiger partial charge in [-0.1, -0.05) is 13.8 Å². The quantitative estimate of drug-likeness (QED) is 0.762. The molecule has 17 heavy (non-hydrogen) atoms. The Morgan fingerprint density at radius 2 is 1.94 bits per heavy atom. The first-order valence-corrected chi connectivity index (χ1v) is 6.59. The molecule has 0 bridgehead atoms. The molecule has 0 spiro atoms. The zero-order valence-electron chi connectivity index (χ0n) is 10.9. The average molecular weight is 240 g/mol. The van der Waals surface area contributed by atoms with Crippen LogP contribution in [0.5, 0.6) is 0 Å². The molecule has 1 unspecified atom stereocenters. The van der Waals surface area contributed by atoms with Crippen molar-refractivity contribution in [3.05, 3.63) is 0 Å². The topological polar surface area (TPSA) is 64.4 Å². The molecule has 0 radical (unpaired) electrons. The lowest BCUT2D eigenvalue weighted by atomic mass is 9.75. The predicted octanol–water partition coefficient (Wildman–Crippen LogP) is 1.19. The van der Waals surface area contributed by atoms with Gasteiger partial charge in [-0.25, -0.2) is 0 Å². The molecule has 1 aliphatic heterocycles. The van der Waals surface area contributed by atoms with Crippen LogP contribution in [0.25, 0.3) is 0 Å². The standard InChI is InChI=1S/C13H24N2O2/c1-12(2)5-3-10(4-6-12)15-11(16)13(14)7-8-17-9-13/h10H,3-9,14H2,1-2H3,(H,15,16). The van der Waals surface area contributed by atoms with Crippen LogP contribution in [0.1, 0.15) is 46.0 Å². The van der Waals surface area contributed by atoms with E-state index in [2.05, 4.69) is 19.2 Å². The minimum absolute atomic E-state index is 0.0280. The van der Waals surface area contributed by atoms with E-state index in [9.17, 15) is 4.79 Å². The second-order valence-electron chi connectivity index (χ2n) is 6.37. The summed E-state index contributed by atoms with van der Waals surface area (Å²) in [6.45, 7) is 5.54. The summed E-state index contributed by atoms with van der Waals surface area (Å²) in [4.78, 5) is 12.1. The summed E-state index contributed by atoms with van der Waals surface area (Å²) in [5.74, 6) is -0.0280. The van der Waals surface area contributed by atoms with E-state index in [4.69, 9.17) is 10.5 Å². The maximum Gasteiger partial charge on any atom is 0.242 e. The first-order chi connectivity index (χ1) is 7.91. The van der Waals surface area contributed by atoms with E-state index in [1.165, 1.54) is 12.8 Å². The fraction of sp³-hybridized carbons (Fsp3) is 0.923. The highest BCUT2D eigenvalue weighted by atomic mass is 16.5. The largest absolute Gasteiger partial charge is 0.379 e. The van der Waals surface area contributed by atoms with E-state index < -0.39 is 5.54 Å². The highest BCUT2D eigenvalue weighted by Gasteiger charge is 2.39. The lowest BCUT2D eigenvalue weighted by molar-refractivity contribution is -0.127. The molecule has 4 nitrogen and oxygen atoms in total. The number of carbonyl (C=O) groups excluding carboxylic acids is 1. The molecule has 2 rings (SSSR count). The average Bonchev–Trinajstić information content (AvgIpc) is 2.70. The molecule has 3 N–H and O–H groups in total. The summed E-state index contributed by atoms with van der Waals surface area (Å²) in [5, 5.41) is 3.10. The Labute approximate surface area is 103 Å². The number of hydrogen-bond donors (Lipinski definition) is 2. The van der Waals surface area contributed by atoms with Crippen molar-refractivity contribution < 1.29 is 9.53 Å². The SMILES string of the molecule is CC1(C)CCC(NC(=O)C2(N)CCOC2)CC1. The molecule has 98 valence electrons. The first kappa shape index (κ1) is 12.8. The molecular weight excluding hydrogens is 216 g/mol. The molecule has 1 amide bonds. The highest BCUT2D eigenvalue weighted by Crippen LogP contribution is 2.35. The van der Waals surface area contributed by atoms with Crippen molar-refractivity contribution in [1.29, 1.82) is 0 Å². The molecule has 0 aromatic carbocycles. The van der Waals surface area contributed by atoms with Crippen LogP contribution in [0, 0.1) is 5.41 Å². The van der Waals surface area contributed by atoms with Gasteiger partial charge in [-0.3, -0.25) is 4.79 Å². The number of carbonyl (C=O) groups is 1. The smallest absolute Gasteiger partial charge is 0.242 e. The molecule has 2 fully saturated rings. The number of hydrogen-bond acceptors (Lipinski definition) is 3. The second kappa shape index (κ2) is 4.58. The van der Waals surface area contributed by atoms with Crippen LogP contribution in [0.3, 0.4) is 0 Å². The van der Waals surface area contributed by atoms with Crippen molar-refractivity contribution in [2.24, 2.45) is 11.1 Å². The van der Waals surface area contributed by atoms with Crippen LogP contribution in [0.2, 0.25) is 0 Å². The van der Waals surface area contributed by atoms with Crippen LogP contribution in [0.4, 0.5) is 0 Å². The number of amides is 1. The third-order valence-corrected chi connectivity index (χ3v) is 4.18. The predicted molar refractivity (Wildman–Crippen MR) is 66.5 cm³/mol. The molecular formula is C13H24N2O2. The van der Waals surface area contributed by atoms with Gasteiger partial charge in [0.1, 0.15) is 5.54 Å². The van der Waals surface area contributed by atoms with Gasteiger partial charge in [0, 0.05) is 12.6 Å². The van der Waals surface area contributed by atoms with Crippen LogP contribution < -0.4 is 11.1 Å². The van der Waals surface area contributed by atoms with Crippen molar-refractivity contribution in [3.63, 3.8) is 0 Å². The molecule has 1 saturated heterocycles. The van der Waals surface area contributed by atoms with Gasteiger partial charge in [0.05, 0.1) is 6.61 Å². The lowest BCUT2D eigenvalue weighted by Gasteiger charge is -2.35. The van der Waals surface area contributed by atoms with E-state index in [0.717, 1.165) is 12.8 Å². The van der Waals surface area contributed by atoms with Crippen molar-refractivity contribution in [1.82, 2.24) is 5.32 Å². The van der Waals surface area contributed by atoms with Crippen molar-refractivity contribution >= 4 is 5.91 Å². The normalized spacial score (nSPS) is 33.6. The Kier molecular flexibility index (Phi) is 3.46. The summed E-state index contributed by atoms with van der Waals surface area (Å²) in [6.07, 6.45) is 5.11. The van der Waals surface area contributed by atoms with Gasteiger partial charge in [0.25, 0.3) is 0 Å². The Bertz CT molecular complexity index is 286. The van der Waals surface area contributed by atoms with Gasteiger partial charge in [-0.2, -0.15) is 0 Å². The summed E-state index contributed by atoms with van der Waals surface area (Å²) in [5.41, 5.74) is 5.68. The van der Waals surface area contributed by atoms with Crippen molar-refractivity contribution in [2.45, 2.75) is 57.5 Å². The fourth-order valence-corrected chi connectivity index (χ4v) is 2.63. The van der Waals surface area contributed by atoms with Crippen LogP contribution in [-0.4, -0.2) is 30.7 Å². The minimum Gasteiger partial charge on any atom is -0.379 e. The maximum atomic E-state index is 12.1. The Morgan fingerprint density at radius 1 is 1.29 bits per heavy atom. The molecule has 1 saturated carbocycles. The lowest BCUT2D eigenvalue weighted by Crippen LogP contribution is -2.57. The van der Waals surface area contributed by atoms with Gasteiger partial charge in [0.2, 0.25) is 5.91 Å². The molecule has 2 aliphatic rings. The maximum absolute atomic E-state index is 12.1. The third kappa shape index (κ3) is 2.99. The summed E-state index contributed by atoms with van der Waals surface area (Å²) < 4.78 is 5.22. The molecule has 4 heteroatoms. The zero-order valence-corrected chi connectivity index (χ0v) is 10.9. The van der Waals surface area contributed by atoms with Crippen LogP contribution >= 0.6 is 0 Å². The molecule has 1 heterocycles. The molecule has 0 aromatic heterocycles. The van der Waals surface area contributed by atoms with E-state index >= 15 is 0 Å². The van der Waals surface area contributed by atoms with Gasteiger partial charge in [0.15, 0.2) is 0 Å². The number of nitrogens with two attached hydrogens (primary N) is 1. The van der Waals surface area contributed by atoms with Crippen molar-refractivity contribution in [3.8, 4) is 0 Å². The molecule has 1 aliphatic carbocycles. The Morgan fingerprint density at radius 3 is 2.47 bits per heavy atom. The first-order valence-electron chi connectivity index (χ1n) is 6.59. The monoisotopic (exact) mass is 240 g/mol. The van der Waals surface area contributed by atoms with Crippen LogP contribution in [-0.2, 0) is 9.53 Å². The summed E-state index contributed by atoms with van der Waals surface area (Å²) in [6, 6.07) is 0.302. The fourth-order valence-electron chi connectivity index (χ4n) is 2.63. The van der Waals surface area contributed by atoms with Crippen molar-refractivity contribution in [2.75, 3.05) is 13.2 Å². The zero-order chi connectivity index (χ0) is 12.5. The van der Waals surface area contributed by atoms with E-state index in [-0.39, 0.29) is 5.91 Å². The van der Waals surface area contributed by atoms with Crippen LogP contribution in [0.15, 0.2) is 0 Å². The molecule has 1 atom stereocenters. The highest BCUT2D eigenvalue weighted by molar-refractivity contribution is 5.86. The third-order valence-electron chi connectivity index (χ3n) is 4.18. The Hall–Kier alpha value is -0.610. The summed E-state index contributed by atoms with van der Waals surface area (Å²) in [7, 11) is 0. The van der Waals surface area contributed by atoms with Gasteiger partial charge in [-0.15, -0.1) is 0 Å².